The molecule has 10 nitrogen and oxygen atoms in total. The Morgan fingerprint density at radius 3 is 2.38 bits per heavy atom. The standard InChI is InChI=1S/C19H19N5O5/c1-2-9-22-17-6-4-3-5-16(17)21-18(22)7-8-20-19(25)13-10-14(23(26)27)12-15(11-13)24(28)29/h3-6,10-12H,2,7-9H2,1H3,(H,20,25). The highest BCUT2D eigenvalue weighted by atomic mass is 16.6. The number of amides is 1. The van der Waals surface area contributed by atoms with E-state index in [0.717, 1.165) is 48.0 Å². The second kappa shape index (κ2) is 8.46. The zero-order valence-corrected chi connectivity index (χ0v) is 15.7. The van der Waals surface area contributed by atoms with Crippen LogP contribution in [0.5, 0.6) is 0 Å². The fourth-order valence-electron chi connectivity index (χ4n) is 3.12. The van der Waals surface area contributed by atoms with Gasteiger partial charge in [0.05, 0.1) is 32.5 Å². The van der Waals surface area contributed by atoms with Gasteiger partial charge in [-0.05, 0) is 18.6 Å². The van der Waals surface area contributed by atoms with E-state index in [0.29, 0.717) is 6.42 Å². The molecule has 0 saturated carbocycles. The fraction of sp³-hybridized carbons (Fsp3) is 0.263. The Balaban J connectivity index is 1.75. The molecule has 1 amide bonds. The monoisotopic (exact) mass is 397 g/mol. The normalized spacial score (nSPS) is 10.8. The van der Waals surface area contributed by atoms with Crippen molar-refractivity contribution < 1.29 is 14.6 Å². The van der Waals surface area contributed by atoms with Gasteiger partial charge in [-0.3, -0.25) is 25.0 Å². The molecule has 0 aliphatic heterocycles. The summed E-state index contributed by atoms with van der Waals surface area (Å²) in [4.78, 5) is 37.4. The van der Waals surface area contributed by atoms with E-state index in [9.17, 15) is 25.0 Å². The van der Waals surface area contributed by atoms with Gasteiger partial charge in [-0.25, -0.2) is 4.98 Å². The molecule has 1 heterocycles. The summed E-state index contributed by atoms with van der Waals surface area (Å²) in [5.74, 6) is 0.202. The first-order chi connectivity index (χ1) is 13.9. The molecular weight excluding hydrogens is 378 g/mol. The van der Waals surface area contributed by atoms with Crippen molar-refractivity contribution in [2.45, 2.75) is 26.3 Å². The molecule has 1 N–H and O–H groups in total. The molecule has 2 aromatic carbocycles. The Hall–Kier alpha value is -3.82. The van der Waals surface area contributed by atoms with Crippen LogP contribution < -0.4 is 5.32 Å². The lowest BCUT2D eigenvalue weighted by Crippen LogP contribution is -2.26. The third kappa shape index (κ3) is 4.37. The number of carbonyl (C=O) groups is 1. The van der Waals surface area contributed by atoms with E-state index in [4.69, 9.17) is 0 Å². The number of non-ortho nitro benzene ring substituents is 2. The highest BCUT2D eigenvalue weighted by Crippen LogP contribution is 2.22. The second-order valence-corrected chi connectivity index (χ2v) is 6.43. The summed E-state index contributed by atoms with van der Waals surface area (Å²) in [6.45, 7) is 3.10. The SMILES string of the molecule is CCCn1c(CCNC(=O)c2cc([N+](=O)[O-])cc([N+](=O)[O-])c2)nc2ccccc21. The van der Waals surface area contributed by atoms with Crippen molar-refractivity contribution in [2.24, 2.45) is 0 Å². The topological polar surface area (TPSA) is 133 Å². The molecule has 0 atom stereocenters. The summed E-state index contributed by atoms with van der Waals surface area (Å²) in [6.07, 6.45) is 1.38. The lowest BCUT2D eigenvalue weighted by atomic mass is 10.1. The average molecular weight is 397 g/mol. The van der Waals surface area contributed by atoms with Crippen LogP contribution in [0.4, 0.5) is 11.4 Å². The zero-order valence-electron chi connectivity index (χ0n) is 15.7. The molecule has 29 heavy (non-hydrogen) atoms. The minimum Gasteiger partial charge on any atom is -0.352 e. The summed E-state index contributed by atoms with van der Waals surface area (Å²) in [5.41, 5.74) is 0.748. The van der Waals surface area contributed by atoms with Crippen LogP contribution in [0.25, 0.3) is 11.0 Å². The second-order valence-electron chi connectivity index (χ2n) is 6.43. The van der Waals surface area contributed by atoms with Crippen LogP contribution in [0, 0.1) is 20.2 Å². The van der Waals surface area contributed by atoms with Crippen LogP contribution in [0.2, 0.25) is 0 Å². The number of hydrogen-bond donors (Lipinski definition) is 1. The quantitative estimate of drug-likeness (QED) is 0.458. The molecule has 0 bridgehead atoms. The van der Waals surface area contributed by atoms with Gasteiger partial charge in [-0.15, -0.1) is 0 Å². The molecule has 0 unspecified atom stereocenters. The van der Waals surface area contributed by atoms with Crippen LogP contribution in [-0.2, 0) is 13.0 Å². The van der Waals surface area contributed by atoms with Crippen molar-refractivity contribution >= 4 is 28.3 Å². The van der Waals surface area contributed by atoms with Gasteiger partial charge in [-0.2, -0.15) is 0 Å². The predicted molar refractivity (Wildman–Crippen MR) is 106 cm³/mol. The molecule has 10 heteroatoms. The van der Waals surface area contributed by atoms with Crippen molar-refractivity contribution in [3.63, 3.8) is 0 Å². The molecule has 0 saturated heterocycles. The zero-order chi connectivity index (χ0) is 21.0. The summed E-state index contributed by atoms with van der Waals surface area (Å²) >= 11 is 0. The summed E-state index contributed by atoms with van der Waals surface area (Å²) in [5, 5.41) is 24.6. The van der Waals surface area contributed by atoms with E-state index in [1.807, 2.05) is 24.3 Å². The van der Waals surface area contributed by atoms with Gasteiger partial charge in [0.2, 0.25) is 0 Å². The number of benzene rings is 2. The van der Waals surface area contributed by atoms with Gasteiger partial charge in [0.15, 0.2) is 0 Å². The maximum absolute atomic E-state index is 12.4. The van der Waals surface area contributed by atoms with Crippen LogP contribution in [0.3, 0.4) is 0 Å². The molecule has 0 aliphatic rings. The lowest BCUT2D eigenvalue weighted by Gasteiger charge is -2.09. The molecule has 0 aliphatic carbocycles. The molecule has 0 fully saturated rings. The Labute approximate surface area is 165 Å². The molecular formula is C19H19N5O5. The van der Waals surface area contributed by atoms with Crippen LogP contribution >= 0.6 is 0 Å². The van der Waals surface area contributed by atoms with E-state index >= 15 is 0 Å². The first-order valence-corrected chi connectivity index (χ1v) is 9.07. The Morgan fingerprint density at radius 1 is 1.10 bits per heavy atom. The van der Waals surface area contributed by atoms with Gasteiger partial charge >= 0.3 is 0 Å². The largest absolute Gasteiger partial charge is 0.352 e. The summed E-state index contributed by atoms with van der Waals surface area (Å²) in [6, 6.07) is 10.6. The minimum absolute atomic E-state index is 0.132. The Morgan fingerprint density at radius 2 is 1.76 bits per heavy atom. The summed E-state index contributed by atoms with van der Waals surface area (Å²) in [7, 11) is 0. The highest BCUT2D eigenvalue weighted by molar-refractivity contribution is 5.95. The average Bonchev–Trinajstić information content (AvgIpc) is 3.05. The first-order valence-electron chi connectivity index (χ1n) is 9.07. The van der Waals surface area contributed by atoms with Gasteiger partial charge in [0.25, 0.3) is 17.3 Å². The number of nitrogens with zero attached hydrogens (tertiary/aromatic N) is 4. The number of carbonyl (C=O) groups excluding carboxylic acids is 1. The number of nitro groups is 2. The molecule has 0 spiro atoms. The molecule has 150 valence electrons. The van der Waals surface area contributed by atoms with E-state index in [1.54, 1.807) is 0 Å². The maximum atomic E-state index is 12.4. The van der Waals surface area contributed by atoms with Crippen LogP contribution in [0.1, 0.15) is 29.5 Å². The number of para-hydroxylation sites is 2. The number of aromatic nitrogens is 2. The Bertz CT molecular complexity index is 1060. The number of nitro benzene ring substituents is 2. The molecule has 3 aromatic rings. The van der Waals surface area contributed by atoms with Crippen LogP contribution in [-0.4, -0.2) is 31.8 Å². The number of fused-ring (bicyclic) bond motifs is 1. The maximum Gasteiger partial charge on any atom is 0.277 e. The third-order valence-electron chi connectivity index (χ3n) is 4.40. The Kier molecular flexibility index (Phi) is 5.82. The van der Waals surface area contributed by atoms with Gasteiger partial charge < -0.3 is 9.88 Å². The van der Waals surface area contributed by atoms with Crippen LogP contribution in [0.15, 0.2) is 42.5 Å². The predicted octanol–water partition coefficient (Wildman–Crippen LogP) is 3.24. The van der Waals surface area contributed by atoms with Gasteiger partial charge in [-0.1, -0.05) is 19.1 Å². The molecule has 0 radical (unpaired) electrons. The third-order valence-corrected chi connectivity index (χ3v) is 4.40. The summed E-state index contributed by atoms with van der Waals surface area (Å²) < 4.78 is 2.10. The van der Waals surface area contributed by atoms with Crippen molar-refractivity contribution in [3.05, 3.63) is 74.1 Å². The molecule has 1 aromatic heterocycles. The van der Waals surface area contributed by atoms with E-state index in [1.165, 1.54) is 0 Å². The smallest absolute Gasteiger partial charge is 0.277 e. The van der Waals surface area contributed by atoms with Gasteiger partial charge in [0.1, 0.15) is 5.82 Å². The molecule has 3 rings (SSSR count). The van der Waals surface area contributed by atoms with Crippen molar-refractivity contribution in [1.82, 2.24) is 14.9 Å². The number of nitrogens with one attached hydrogen (secondary N) is 1. The number of imidazole rings is 1. The van der Waals surface area contributed by atoms with E-state index in [2.05, 4.69) is 21.8 Å². The number of rotatable bonds is 8. The highest BCUT2D eigenvalue weighted by Gasteiger charge is 2.20. The lowest BCUT2D eigenvalue weighted by molar-refractivity contribution is -0.394. The number of hydrogen-bond acceptors (Lipinski definition) is 6. The van der Waals surface area contributed by atoms with Crippen molar-refractivity contribution in [1.29, 1.82) is 0 Å². The fourth-order valence-corrected chi connectivity index (χ4v) is 3.12. The van der Waals surface area contributed by atoms with Gasteiger partial charge in [0, 0.05) is 31.6 Å². The number of aryl methyl sites for hydroxylation is 1. The van der Waals surface area contributed by atoms with E-state index < -0.39 is 27.1 Å². The van der Waals surface area contributed by atoms with Crippen molar-refractivity contribution in [3.8, 4) is 0 Å². The first kappa shape index (κ1) is 19.9. The van der Waals surface area contributed by atoms with Crippen molar-refractivity contribution in [2.75, 3.05) is 6.54 Å². The minimum atomic E-state index is -0.767. The van der Waals surface area contributed by atoms with E-state index in [-0.39, 0.29) is 12.1 Å².